The van der Waals surface area contributed by atoms with Crippen LogP contribution >= 0.6 is 23.2 Å². The van der Waals surface area contributed by atoms with Gasteiger partial charge in [0, 0.05) is 44.3 Å². The van der Waals surface area contributed by atoms with Gasteiger partial charge in [-0.05, 0) is 48.6 Å². The monoisotopic (exact) mass is 495 g/mol. The van der Waals surface area contributed by atoms with Crippen LogP contribution in [0, 0.1) is 6.92 Å². The van der Waals surface area contributed by atoms with Crippen LogP contribution in [0.2, 0.25) is 10.0 Å². The molecule has 6 nitrogen and oxygen atoms in total. The highest BCUT2D eigenvalue weighted by Crippen LogP contribution is 2.29. The fourth-order valence-corrected chi connectivity index (χ4v) is 5.20. The van der Waals surface area contributed by atoms with Gasteiger partial charge in [-0.2, -0.15) is 0 Å². The fourth-order valence-electron chi connectivity index (χ4n) is 4.88. The number of nitrogens with zero attached hydrogens (tertiary/aromatic N) is 4. The van der Waals surface area contributed by atoms with Crippen LogP contribution in [0.25, 0.3) is 0 Å². The Labute approximate surface area is 209 Å². The second-order valence-electron chi connectivity index (χ2n) is 8.99. The van der Waals surface area contributed by atoms with Gasteiger partial charge in [0.25, 0.3) is 5.91 Å². The van der Waals surface area contributed by atoms with Crippen LogP contribution in [0.3, 0.4) is 0 Å². The molecule has 2 aromatic carbocycles. The smallest absolute Gasteiger partial charge is 0.272 e. The summed E-state index contributed by atoms with van der Waals surface area (Å²) in [7, 11) is 0. The molecular formula is C26H27Cl2N5O. The zero-order chi connectivity index (χ0) is 23.7. The quantitative estimate of drug-likeness (QED) is 0.518. The van der Waals surface area contributed by atoms with Crippen molar-refractivity contribution in [2.75, 3.05) is 18.4 Å². The van der Waals surface area contributed by atoms with Crippen LogP contribution < -0.4 is 5.32 Å². The highest BCUT2D eigenvalue weighted by Gasteiger charge is 2.31. The van der Waals surface area contributed by atoms with Crippen LogP contribution in [-0.4, -0.2) is 44.8 Å². The lowest BCUT2D eigenvalue weighted by molar-refractivity contribution is 0.0608. The van der Waals surface area contributed by atoms with E-state index < -0.39 is 0 Å². The van der Waals surface area contributed by atoms with E-state index in [4.69, 9.17) is 23.2 Å². The minimum absolute atomic E-state index is 0.0272. The van der Waals surface area contributed by atoms with E-state index >= 15 is 0 Å². The van der Waals surface area contributed by atoms with Crippen molar-refractivity contribution >= 4 is 34.9 Å². The first kappa shape index (κ1) is 23.1. The number of rotatable bonds is 5. The summed E-state index contributed by atoms with van der Waals surface area (Å²) >= 11 is 12.1. The third-order valence-corrected chi connectivity index (χ3v) is 7.60. The molecule has 3 aromatic rings. The number of nitrogens with one attached hydrogen (secondary N) is 1. The molecule has 1 N–H and O–H groups in total. The van der Waals surface area contributed by atoms with Crippen LogP contribution in [0.5, 0.6) is 0 Å². The lowest BCUT2D eigenvalue weighted by Crippen LogP contribution is -2.45. The summed E-state index contributed by atoms with van der Waals surface area (Å²) in [5, 5.41) is 4.33. The predicted octanol–water partition coefficient (Wildman–Crippen LogP) is 5.32. The summed E-state index contributed by atoms with van der Waals surface area (Å²) in [4.78, 5) is 26.4. The van der Waals surface area contributed by atoms with Gasteiger partial charge in [0.15, 0.2) is 0 Å². The van der Waals surface area contributed by atoms with Gasteiger partial charge in [-0.25, -0.2) is 9.97 Å². The molecule has 34 heavy (non-hydrogen) atoms. The Morgan fingerprint density at radius 2 is 1.74 bits per heavy atom. The summed E-state index contributed by atoms with van der Waals surface area (Å²) < 4.78 is 0. The summed E-state index contributed by atoms with van der Waals surface area (Å²) in [6.07, 6.45) is 3.41. The maximum atomic E-state index is 13.3. The molecule has 8 heteroatoms. The molecule has 0 aliphatic carbocycles. The van der Waals surface area contributed by atoms with Crippen molar-refractivity contribution in [2.24, 2.45) is 0 Å². The molecule has 0 spiro atoms. The number of amides is 1. The number of carbonyl (C=O) groups is 1. The number of anilines is 1. The molecular weight excluding hydrogens is 469 g/mol. The number of halogens is 2. The number of aromatic nitrogens is 2. The Morgan fingerprint density at radius 1 is 1.03 bits per heavy atom. The summed E-state index contributed by atoms with van der Waals surface area (Å²) in [6, 6.07) is 14.7. The van der Waals surface area contributed by atoms with E-state index in [1.165, 1.54) is 17.5 Å². The first-order chi connectivity index (χ1) is 16.5. The van der Waals surface area contributed by atoms with Crippen molar-refractivity contribution in [1.82, 2.24) is 19.8 Å². The van der Waals surface area contributed by atoms with Gasteiger partial charge in [0.2, 0.25) is 0 Å². The number of likely N-dealkylation sites (tertiary alicyclic amines) is 1. The molecule has 5 rings (SSSR count). The largest absolute Gasteiger partial charge is 0.366 e. The molecule has 176 valence electrons. The Bertz CT molecular complexity index is 1180. The third kappa shape index (κ3) is 4.76. The second-order valence-corrected chi connectivity index (χ2v) is 9.81. The highest BCUT2D eigenvalue weighted by molar-refractivity contribution is 6.42. The highest BCUT2D eigenvalue weighted by atomic mass is 35.5. The van der Waals surface area contributed by atoms with Crippen LogP contribution in [0.1, 0.15) is 45.6 Å². The molecule has 1 aromatic heterocycles. The van der Waals surface area contributed by atoms with Gasteiger partial charge in [0.1, 0.15) is 17.8 Å². The number of hydrogen-bond acceptors (Lipinski definition) is 5. The molecule has 0 radical (unpaired) electrons. The zero-order valence-corrected chi connectivity index (χ0v) is 20.6. The van der Waals surface area contributed by atoms with Crippen molar-refractivity contribution in [3.63, 3.8) is 0 Å². The first-order valence-electron chi connectivity index (χ1n) is 11.6. The zero-order valence-electron chi connectivity index (χ0n) is 19.1. The second kappa shape index (κ2) is 9.90. The maximum Gasteiger partial charge on any atom is 0.272 e. The van der Waals surface area contributed by atoms with Crippen molar-refractivity contribution in [3.05, 3.63) is 86.8 Å². The average Bonchev–Trinajstić information content (AvgIpc) is 3.29. The van der Waals surface area contributed by atoms with Crippen LogP contribution in [-0.2, 0) is 19.6 Å². The fraction of sp³-hybridized carbons (Fsp3) is 0.346. The van der Waals surface area contributed by atoms with Crippen molar-refractivity contribution in [2.45, 2.75) is 45.4 Å². The van der Waals surface area contributed by atoms with Gasteiger partial charge in [-0.3, -0.25) is 9.69 Å². The molecule has 1 saturated heterocycles. The molecule has 0 saturated carbocycles. The normalized spacial score (nSPS) is 16.5. The van der Waals surface area contributed by atoms with E-state index in [9.17, 15) is 4.79 Å². The average molecular weight is 496 g/mol. The van der Waals surface area contributed by atoms with Crippen molar-refractivity contribution in [3.8, 4) is 0 Å². The topological polar surface area (TPSA) is 61.4 Å². The molecule has 2 aliphatic heterocycles. The standard InChI is InChI=1S/C26H27Cl2N5O/c1-17-24(30-16-31-25(17)29-13-18-6-7-22(27)23(28)12-18)26(34)32-10-8-21(9-11-32)33-14-19-4-2-3-5-20(19)15-33/h2-7,12,16,21H,8-11,13-15H2,1H3,(H,29,30,31). The minimum atomic E-state index is -0.0272. The van der Waals surface area contributed by atoms with Crippen molar-refractivity contribution in [1.29, 1.82) is 0 Å². The van der Waals surface area contributed by atoms with Gasteiger partial charge in [0.05, 0.1) is 10.0 Å². The van der Waals surface area contributed by atoms with E-state index in [1.807, 2.05) is 24.0 Å². The van der Waals surface area contributed by atoms with E-state index in [2.05, 4.69) is 44.5 Å². The molecule has 0 unspecified atom stereocenters. The molecule has 2 aliphatic rings. The summed E-state index contributed by atoms with van der Waals surface area (Å²) in [6.45, 7) is 5.91. The number of carbonyl (C=O) groups excluding carboxylic acids is 1. The molecule has 1 amide bonds. The molecule has 3 heterocycles. The van der Waals surface area contributed by atoms with E-state index in [-0.39, 0.29) is 5.91 Å². The number of piperidine rings is 1. The van der Waals surface area contributed by atoms with Crippen LogP contribution in [0.4, 0.5) is 5.82 Å². The first-order valence-corrected chi connectivity index (χ1v) is 12.3. The summed E-state index contributed by atoms with van der Waals surface area (Å²) in [5.41, 5.74) is 5.05. The lowest BCUT2D eigenvalue weighted by atomic mass is 10.0. The Kier molecular flexibility index (Phi) is 6.73. The number of fused-ring (bicyclic) bond motifs is 1. The van der Waals surface area contributed by atoms with E-state index in [0.717, 1.165) is 50.1 Å². The van der Waals surface area contributed by atoms with Gasteiger partial charge < -0.3 is 10.2 Å². The molecule has 1 fully saturated rings. The van der Waals surface area contributed by atoms with Crippen molar-refractivity contribution < 1.29 is 4.79 Å². The van der Waals surface area contributed by atoms with Crippen LogP contribution in [0.15, 0.2) is 48.8 Å². The minimum Gasteiger partial charge on any atom is -0.366 e. The summed E-state index contributed by atoms with van der Waals surface area (Å²) in [5.74, 6) is 0.620. The third-order valence-electron chi connectivity index (χ3n) is 6.86. The molecule has 0 atom stereocenters. The predicted molar refractivity (Wildman–Crippen MR) is 135 cm³/mol. The SMILES string of the molecule is Cc1c(NCc2ccc(Cl)c(Cl)c2)ncnc1C(=O)N1CCC(N2Cc3ccccc3C2)CC1. The number of benzene rings is 2. The van der Waals surface area contributed by atoms with E-state index in [1.54, 1.807) is 6.07 Å². The Hall–Kier alpha value is -2.67. The Morgan fingerprint density at radius 3 is 2.41 bits per heavy atom. The maximum absolute atomic E-state index is 13.3. The van der Waals surface area contributed by atoms with Gasteiger partial charge in [-0.1, -0.05) is 53.5 Å². The lowest BCUT2D eigenvalue weighted by Gasteiger charge is -2.36. The Balaban J connectivity index is 1.20. The van der Waals surface area contributed by atoms with Gasteiger partial charge in [-0.15, -0.1) is 0 Å². The molecule has 0 bridgehead atoms. The number of hydrogen-bond donors (Lipinski definition) is 1. The van der Waals surface area contributed by atoms with Gasteiger partial charge >= 0.3 is 0 Å². The van der Waals surface area contributed by atoms with E-state index in [0.29, 0.717) is 34.1 Å².